The van der Waals surface area contributed by atoms with Gasteiger partial charge in [-0.2, -0.15) is 0 Å². The van der Waals surface area contributed by atoms with E-state index in [4.69, 9.17) is 4.52 Å². The molecule has 0 saturated carbocycles. The SMILES string of the molecule is Cc1cc(C(=O)Nc2ccc(C(=O)N(C)C)cc2)no1. The van der Waals surface area contributed by atoms with Crippen molar-refractivity contribution in [3.8, 4) is 0 Å². The molecule has 0 aliphatic rings. The lowest BCUT2D eigenvalue weighted by Gasteiger charge is -2.10. The van der Waals surface area contributed by atoms with Crippen LogP contribution in [0.25, 0.3) is 0 Å². The van der Waals surface area contributed by atoms with E-state index in [0.717, 1.165) is 0 Å². The Morgan fingerprint density at radius 1 is 1.20 bits per heavy atom. The standard InChI is InChI=1S/C14H15N3O3/c1-9-8-12(16-20-9)13(18)15-11-6-4-10(5-7-11)14(19)17(2)3/h4-8H,1-3H3,(H,15,18). The molecule has 2 rings (SSSR count). The lowest BCUT2D eigenvalue weighted by molar-refractivity contribution is 0.0827. The van der Waals surface area contributed by atoms with E-state index >= 15 is 0 Å². The number of hydrogen-bond acceptors (Lipinski definition) is 4. The first-order valence-corrected chi connectivity index (χ1v) is 6.04. The Labute approximate surface area is 116 Å². The minimum absolute atomic E-state index is 0.0880. The van der Waals surface area contributed by atoms with Gasteiger partial charge in [-0.15, -0.1) is 0 Å². The maximum atomic E-state index is 11.8. The Kier molecular flexibility index (Phi) is 3.84. The highest BCUT2D eigenvalue weighted by Gasteiger charge is 2.12. The molecule has 1 aromatic heterocycles. The average molecular weight is 273 g/mol. The van der Waals surface area contributed by atoms with Crippen molar-refractivity contribution in [1.29, 1.82) is 0 Å². The number of rotatable bonds is 3. The molecule has 2 amide bonds. The number of nitrogens with one attached hydrogen (secondary N) is 1. The van der Waals surface area contributed by atoms with Crippen molar-refractivity contribution in [2.45, 2.75) is 6.92 Å². The van der Waals surface area contributed by atoms with E-state index in [1.165, 1.54) is 4.90 Å². The maximum absolute atomic E-state index is 11.8. The number of amides is 2. The van der Waals surface area contributed by atoms with Gasteiger partial charge in [0.2, 0.25) is 0 Å². The van der Waals surface area contributed by atoms with Gasteiger partial charge in [-0.25, -0.2) is 0 Å². The first-order chi connectivity index (χ1) is 9.47. The number of carbonyl (C=O) groups is 2. The molecule has 0 unspecified atom stereocenters. The summed E-state index contributed by atoms with van der Waals surface area (Å²) in [5, 5.41) is 6.31. The van der Waals surface area contributed by atoms with Gasteiger partial charge in [0.25, 0.3) is 11.8 Å². The van der Waals surface area contributed by atoms with Crippen LogP contribution in [-0.2, 0) is 0 Å². The minimum atomic E-state index is -0.353. The molecule has 0 saturated heterocycles. The molecule has 1 N–H and O–H groups in total. The Hall–Kier alpha value is -2.63. The number of hydrogen-bond donors (Lipinski definition) is 1. The van der Waals surface area contributed by atoms with Crippen LogP contribution >= 0.6 is 0 Å². The fourth-order valence-electron chi connectivity index (χ4n) is 1.62. The van der Waals surface area contributed by atoms with Gasteiger partial charge < -0.3 is 14.7 Å². The van der Waals surface area contributed by atoms with Gasteiger partial charge in [0.1, 0.15) is 5.76 Å². The van der Waals surface area contributed by atoms with E-state index in [2.05, 4.69) is 10.5 Å². The van der Waals surface area contributed by atoms with Crippen molar-refractivity contribution < 1.29 is 14.1 Å². The first-order valence-electron chi connectivity index (χ1n) is 6.04. The van der Waals surface area contributed by atoms with Crippen LogP contribution in [0, 0.1) is 6.92 Å². The van der Waals surface area contributed by atoms with Crippen LogP contribution in [0.1, 0.15) is 26.6 Å². The van der Waals surface area contributed by atoms with Gasteiger partial charge in [-0.3, -0.25) is 9.59 Å². The molecule has 6 heteroatoms. The van der Waals surface area contributed by atoms with Gasteiger partial charge in [0, 0.05) is 31.4 Å². The van der Waals surface area contributed by atoms with Gasteiger partial charge >= 0.3 is 0 Å². The largest absolute Gasteiger partial charge is 0.361 e. The van der Waals surface area contributed by atoms with Gasteiger partial charge in [-0.05, 0) is 31.2 Å². The number of carbonyl (C=O) groups excluding carboxylic acids is 2. The lowest BCUT2D eigenvalue weighted by Crippen LogP contribution is -2.21. The van der Waals surface area contributed by atoms with Crippen molar-refractivity contribution in [2.75, 3.05) is 19.4 Å². The van der Waals surface area contributed by atoms with Crippen LogP contribution in [-0.4, -0.2) is 36.0 Å². The van der Waals surface area contributed by atoms with E-state index in [9.17, 15) is 9.59 Å². The predicted molar refractivity (Wildman–Crippen MR) is 73.7 cm³/mol. The molecule has 0 radical (unpaired) electrons. The van der Waals surface area contributed by atoms with Crippen LogP contribution in [0.4, 0.5) is 5.69 Å². The zero-order chi connectivity index (χ0) is 14.7. The second-order valence-corrected chi connectivity index (χ2v) is 4.55. The zero-order valence-electron chi connectivity index (χ0n) is 11.5. The van der Waals surface area contributed by atoms with Crippen molar-refractivity contribution in [2.24, 2.45) is 0 Å². The van der Waals surface area contributed by atoms with E-state index in [1.807, 2.05) is 0 Å². The maximum Gasteiger partial charge on any atom is 0.277 e. The summed E-state index contributed by atoms with van der Waals surface area (Å²) in [4.78, 5) is 25.1. The third-order valence-corrected chi connectivity index (χ3v) is 2.66. The minimum Gasteiger partial charge on any atom is -0.361 e. The highest BCUT2D eigenvalue weighted by atomic mass is 16.5. The van der Waals surface area contributed by atoms with Crippen molar-refractivity contribution in [1.82, 2.24) is 10.1 Å². The molecule has 20 heavy (non-hydrogen) atoms. The molecular weight excluding hydrogens is 258 g/mol. The van der Waals surface area contributed by atoms with Crippen LogP contribution in [0.5, 0.6) is 0 Å². The highest BCUT2D eigenvalue weighted by molar-refractivity contribution is 6.03. The summed E-state index contributed by atoms with van der Waals surface area (Å²) in [6.45, 7) is 1.71. The van der Waals surface area contributed by atoms with Crippen LogP contribution in [0.2, 0.25) is 0 Å². The van der Waals surface area contributed by atoms with Gasteiger partial charge in [0.05, 0.1) is 0 Å². The summed E-state index contributed by atoms with van der Waals surface area (Å²) in [6, 6.07) is 8.21. The van der Waals surface area contributed by atoms with E-state index in [1.54, 1.807) is 51.4 Å². The summed E-state index contributed by atoms with van der Waals surface area (Å²) in [6.07, 6.45) is 0. The van der Waals surface area contributed by atoms with E-state index in [-0.39, 0.29) is 17.5 Å². The second kappa shape index (κ2) is 5.56. The number of benzene rings is 1. The van der Waals surface area contributed by atoms with Gasteiger partial charge in [-0.1, -0.05) is 5.16 Å². The molecule has 1 heterocycles. The molecule has 0 atom stereocenters. The normalized spacial score (nSPS) is 10.2. The monoisotopic (exact) mass is 273 g/mol. The fraction of sp³-hybridized carbons (Fsp3) is 0.214. The second-order valence-electron chi connectivity index (χ2n) is 4.55. The lowest BCUT2D eigenvalue weighted by atomic mass is 10.2. The summed E-state index contributed by atoms with van der Waals surface area (Å²) in [7, 11) is 3.37. The molecule has 6 nitrogen and oxygen atoms in total. The van der Waals surface area contributed by atoms with E-state index in [0.29, 0.717) is 17.0 Å². The zero-order valence-corrected chi connectivity index (χ0v) is 11.5. The Bertz CT molecular complexity index is 629. The molecular formula is C14H15N3O3. The summed E-state index contributed by atoms with van der Waals surface area (Å²) in [5.74, 6) is 0.130. The third-order valence-electron chi connectivity index (χ3n) is 2.66. The molecule has 0 aliphatic heterocycles. The number of aromatic nitrogens is 1. The Morgan fingerprint density at radius 2 is 1.85 bits per heavy atom. The predicted octanol–water partition coefficient (Wildman–Crippen LogP) is 1.94. The summed E-state index contributed by atoms with van der Waals surface area (Å²) < 4.78 is 4.84. The molecule has 0 bridgehead atoms. The van der Waals surface area contributed by atoms with Crippen molar-refractivity contribution in [3.63, 3.8) is 0 Å². The Morgan fingerprint density at radius 3 is 2.35 bits per heavy atom. The molecule has 104 valence electrons. The molecule has 0 aliphatic carbocycles. The van der Waals surface area contributed by atoms with Crippen molar-refractivity contribution >= 4 is 17.5 Å². The molecule has 2 aromatic rings. The average Bonchev–Trinajstić information content (AvgIpc) is 2.85. The van der Waals surface area contributed by atoms with Gasteiger partial charge in [0.15, 0.2) is 5.69 Å². The molecule has 1 aromatic carbocycles. The van der Waals surface area contributed by atoms with Crippen LogP contribution in [0.15, 0.2) is 34.9 Å². The topological polar surface area (TPSA) is 75.4 Å². The van der Waals surface area contributed by atoms with E-state index < -0.39 is 0 Å². The quantitative estimate of drug-likeness (QED) is 0.927. The third kappa shape index (κ3) is 3.03. The fourth-order valence-corrected chi connectivity index (χ4v) is 1.62. The van der Waals surface area contributed by atoms with Crippen LogP contribution < -0.4 is 5.32 Å². The first kappa shape index (κ1) is 13.8. The number of aryl methyl sites for hydroxylation is 1. The number of anilines is 1. The molecule has 0 fully saturated rings. The molecule has 0 spiro atoms. The smallest absolute Gasteiger partial charge is 0.277 e. The highest BCUT2D eigenvalue weighted by Crippen LogP contribution is 2.12. The number of nitrogens with zero attached hydrogens (tertiary/aromatic N) is 2. The summed E-state index contributed by atoms with van der Waals surface area (Å²) in [5.41, 5.74) is 1.37. The Balaban J connectivity index is 2.07. The van der Waals surface area contributed by atoms with Crippen LogP contribution in [0.3, 0.4) is 0 Å². The summed E-state index contributed by atoms with van der Waals surface area (Å²) >= 11 is 0. The van der Waals surface area contributed by atoms with Crippen molar-refractivity contribution in [3.05, 3.63) is 47.3 Å².